The Morgan fingerprint density at radius 2 is 1.82 bits per heavy atom. The van der Waals surface area contributed by atoms with Gasteiger partial charge in [0.05, 0.1) is 0 Å². The van der Waals surface area contributed by atoms with E-state index in [1.54, 1.807) is 0 Å². The normalized spacial score (nSPS) is 20.1. The summed E-state index contributed by atoms with van der Waals surface area (Å²) in [5.74, 6) is 0.828. The molecule has 0 radical (unpaired) electrons. The molecular weight excluding hydrogens is 208 g/mol. The Hall–Kier alpha value is -0.0800. The number of hydrogen-bond acceptors (Lipinski definition) is 2. The molecule has 1 rings (SSSR count). The first-order chi connectivity index (χ1) is 8.14. The van der Waals surface area contributed by atoms with Gasteiger partial charge in [0, 0.05) is 12.1 Å². The van der Waals surface area contributed by atoms with Crippen LogP contribution in [-0.2, 0) is 0 Å². The third kappa shape index (κ3) is 4.26. The van der Waals surface area contributed by atoms with Gasteiger partial charge in [-0.3, -0.25) is 4.90 Å². The molecule has 1 fully saturated rings. The Balaban J connectivity index is 2.50. The maximum atomic E-state index is 6.10. The molecule has 1 saturated carbocycles. The Labute approximate surface area is 108 Å². The molecule has 0 bridgehead atoms. The van der Waals surface area contributed by atoms with E-state index in [1.165, 1.54) is 51.5 Å². The molecule has 0 aromatic rings. The molecule has 2 heteroatoms. The fraction of sp³-hybridized carbons (Fsp3) is 1.00. The van der Waals surface area contributed by atoms with Crippen LogP contribution < -0.4 is 5.73 Å². The first-order valence-electron chi connectivity index (χ1n) is 7.60. The smallest absolute Gasteiger partial charge is 0.0331 e. The van der Waals surface area contributed by atoms with Crippen molar-refractivity contribution in [3.8, 4) is 0 Å². The van der Waals surface area contributed by atoms with Gasteiger partial charge in [0.1, 0.15) is 0 Å². The van der Waals surface area contributed by atoms with E-state index in [0.29, 0.717) is 5.54 Å². The van der Waals surface area contributed by atoms with E-state index in [1.807, 2.05) is 0 Å². The number of nitrogens with two attached hydrogens (primary N) is 1. The summed E-state index contributed by atoms with van der Waals surface area (Å²) in [4.78, 5) is 2.68. The first kappa shape index (κ1) is 15.0. The van der Waals surface area contributed by atoms with Gasteiger partial charge in [-0.1, -0.05) is 40.0 Å². The minimum absolute atomic E-state index is 0.337. The lowest BCUT2D eigenvalue weighted by molar-refractivity contribution is 0.0594. The third-order valence-electron chi connectivity index (χ3n) is 4.43. The van der Waals surface area contributed by atoms with Crippen molar-refractivity contribution in [2.45, 2.75) is 71.3 Å². The number of nitrogens with zero attached hydrogens (tertiary/aromatic N) is 1. The van der Waals surface area contributed by atoms with Crippen LogP contribution in [0.3, 0.4) is 0 Å². The van der Waals surface area contributed by atoms with Crippen molar-refractivity contribution >= 4 is 0 Å². The molecule has 0 aliphatic heterocycles. The van der Waals surface area contributed by atoms with Crippen molar-refractivity contribution in [3.63, 3.8) is 0 Å². The van der Waals surface area contributed by atoms with Crippen LogP contribution in [0.4, 0.5) is 0 Å². The molecule has 2 N–H and O–H groups in total. The lowest BCUT2D eigenvalue weighted by atomic mass is 9.80. The maximum Gasteiger partial charge on any atom is 0.0331 e. The summed E-state index contributed by atoms with van der Waals surface area (Å²) in [7, 11) is 0. The van der Waals surface area contributed by atoms with Gasteiger partial charge in [-0.2, -0.15) is 0 Å². The molecule has 1 aliphatic carbocycles. The average molecular weight is 240 g/mol. The van der Waals surface area contributed by atoms with E-state index in [9.17, 15) is 0 Å². The van der Waals surface area contributed by atoms with E-state index in [-0.39, 0.29) is 0 Å². The molecule has 0 saturated heterocycles. The quantitative estimate of drug-likeness (QED) is 0.739. The van der Waals surface area contributed by atoms with Crippen LogP contribution in [0, 0.1) is 5.92 Å². The van der Waals surface area contributed by atoms with Crippen LogP contribution >= 0.6 is 0 Å². The van der Waals surface area contributed by atoms with Gasteiger partial charge < -0.3 is 5.73 Å². The lowest BCUT2D eigenvalue weighted by Gasteiger charge is -2.46. The Morgan fingerprint density at radius 3 is 2.29 bits per heavy atom. The highest BCUT2D eigenvalue weighted by Crippen LogP contribution is 2.33. The third-order valence-corrected chi connectivity index (χ3v) is 4.43. The highest BCUT2D eigenvalue weighted by molar-refractivity contribution is 4.93. The maximum absolute atomic E-state index is 6.10. The second-order valence-corrected chi connectivity index (χ2v) is 6.10. The van der Waals surface area contributed by atoms with Crippen molar-refractivity contribution in [1.29, 1.82) is 0 Å². The standard InChI is InChI=1S/C15H32N2/c1-4-17(12-8-9-14(2)3)15(13-16)10-6-5-7-11-15/h14H,4-13,16H2,1-3H3. The highest BCUT2D eigenvalue weighted by atomic mass is 15.2. The zero-order valence-electron chi connectivity index (χ0n) is 12.2. The fourth-order valence-electron chi connectivity index (χ4n) is 3.28. The summed E-state index contributed by atoms with van der Waals surface area (Å²) >= 11 is 0. The molecule has 0 amide bonds. The van der Waals surface area contributed by atoms with Crippen molar-refractivity contribution in [2.24, 2.45) is 11.7 Å². The van der Waals surface area contributed by atoms with Crippen LogP contribution in [0.1, 0.15) is 65.7 Å². The zero-order valence-corrected chi connectivity index (χ0v) is 12.2. The van der Waals surface area contributed by atoms with E-state index < -0.39 is 0 Å². The summed E-state index contributed by atoms with van der Waals surface area (Å²) in [6.45, 7) is 10.2. The minimum Gasteiger partial charge on any atom is -0.329 e. The van der Waals surface area contributed by atoms with Crippen LogP contribution in [-0.4, -0.2) is 30.1 Å². The lowest BCUT2D eigenvalue weighted by Crippen LogP contribution is -2.55. The molecule has 1 aliphatic rings. The van der Waals surface area contributed by atoms with Crippen LogP contribution in [0.25, 0.3) is 0 Å². The topological polar surface area (TPSA) is 29.3 Å². The Morgan fingerprint density at radius 1 is 1.18 bits per heavy atom. The molecule has 17 heavy (non-hydrogen) atoms. The zero-order chi connectivity index (χ0) is 12.7. The van der Waals surface area contributed by atoms with Crippen LogP contribution in [0.5, 0.6) is 0 Å². The molecule has 0 spiro atoms. The molecule has 0 aromatic heterocycles. The highest BCUT2D eigenvalue weighted by Gasteiger charge is 2.35. The number of hydrogen-bond donors (Lipinski definition) is 1. The van der Waals surface area contributed by atoms with E-state index in [4.69, 9.17) is 5.73 Å². The van der Waals surface area contributed by atoms with E-state index in [0.717, 1.165) is 19.0 Å². The molecule has 0 atom stereocenters. The summed E-state index contributed by atoms with van der Waals surface area (Å²) in [5.41, 5.74) is 6.44. The summed E-state index contributed by atoms with van der Waals surface area (Å²) in [6.07, 6.45) is 9.46. The second kappa shape index (κ2) is 7.38. The molecule has 0 unspecified atom stereocenters. The predicted molar refractivity (Wildman–Crippen MR) is 76.2 cm³/mol. The Bertz CT molecular complexity index is 195. The van der Waals surface area contributed by atoms with Gasteiger partial charge in [0.15, 0.2) is 0 Å². The van der Waals surface area contributed by atoms with E-state index in [2.05, 4.69) is 25.7 Å². The van der Waals surface area contributed by atoms with Gasteiger partial charge >= 0.3 is 0 Å². The molecule has 0 aromatic carbocycles. The minimum atomic E-state index is 0.337. The van der Waals surface area contributed by atoms with Gasteiger partial charge in [0.2, 0.25) is 0 Å². The molecular formula is C15H32N2. The summed E-state index contributed by atoms with van der Waals surface area (Å²) < 4.78 is 0. The van der Waals surface area contributed by atoms with E-state index >= 15 is 0 Å². The summed E-state index contributed by atoms with van der Waals surface area (Å²) in [5, 5.41) is 0. The van der Waals surface area contributed by atoms with Gasteiger partial charge in [-0.05, 0) is 44.7 Å². The Kier molecular flexibility index (Phi) is 6.50. The summed E-state index contributed by atoms with van der Waals surface area (Å²) in [6, 6.07) is 0. The van der Waals surface area contributed by atoms with Crippen molar-refractivity contribution in [2.75, 3.05) is 19.6 Å². The van der Waals surface area contributed by atoms with Gasteiger partial charge in [-0.25, -0.2) is 0 Å². The largest absolute Gasteiger partial charge is 0.329 e. The van der Waals surface area contributed by atoms with Crippen molar-refractivity contribution < 1.29 is 0 Å². The van der Waals surface area contributed by atoms with Crippen LogP contribution in [0.15, 0.2) is 0 Å². The second-order valence-electron chi connectivity index (χ2n) is 6.10. The number of rotatable bonds is 7. The predicted octanol–water partition coefficient (Wildman–Crippen LogP) is 3.41. The van der Waals surface area contributed by atoms with Gasteiger partial charge in [0.25, 0.3) is 0 Å². The van der Waals surface area contributed by atoms with Crippen molar-refractivity contribution in [3.05, 3.63) is 0 Å². The van der Waals surface area contributed by atoms with Gasteiger partial charge in [-0.15, -0.1) is 0 Å². The molecule has 2 nitrogen and oxygen atoms in total. The molecule has 0 heterocycles. The SMILES string of the molecule is CCN(CCCC(C)C)C1(CN)CCCCC1. The van der Waals surface area contributed by atoms with Crippen molar-refractivity contribution in [1.82, 2.24) is 4.90 Å². The first-order valence-corrected chi connectivity index (χ1v) is 7.60. The van der Waals surface area contributed by atoms with Crippen LogP contribution in [0.2, 0.25) is 0 Å². The number of likely N-dealkylation sites (N-methyl/N-ethyl adjacent to an activating group) is 1. The average Bonchev–Trinajstić information content (AvgIpc) is 2.35. The monoisotopic (exact) mass is 240 g/mol. The molecule has 102 valence electrons. The fourth-order valence-corrected chi connectivity index (χ4v) is 3.28.